The number of benzene rings is 2. The first-order valence-electron chi connectivity index (χ1n) is 8.52. The zero-order valence-corrected chi connectivity index (χ0v) is 14.7. The molecule has 0 saturated carbocycles. The number of amides is 1. The molecule has 0 radical (unpaired) electrons. The van der Waals surface area contributed by atoms with E-state index in [1.807, 2.05) is 0 Å². The second-order valence-electron chi connectivity index (χ2n) is 6.20. The fourth-order valence-corrected chi connectivity index (χ4v) is 2.97. The summed E-state index contributed by atoms with van der Waals surface area (Å²) in [5, 5.41) is 4.83. The lowest BCUT2D eigenvalue weighted by molar-refractivity contribution is -0.116. The highest BCUT2D eigenvalue weighted by Crippen LogP contribution is 2.26. The zero-order valence-electron chi connectivity index (χ0n) is 14.7. The molecule has 0 spiro atoms. The minimum Gasteiger partial charge on any atom is -0.351 e. The number of fused-ring (bicyclic) bond motifs is 1. The van der Waals surface area contributed by atoms with Gasteiger partial charge in [0.15, 0.2) is 6.17 Å². The highest BCUT2D eigenvalue weighted by Gasteiger charge is 2.28. The molecule has 0 saturated heterocycles. The van der Waals surface area contributed by atoms with E-state index in [2.05, 4.69) is 15.6 Å². The number of pyridine rings is 1. The van der Waals surface area contributed by atoms with E-state index in [1.165, 1.54) is 4.98 Å². The first kappa shape index (κ1) is 18.5. The molecule has 1 atom stereocenters. The van der Waals surface area contributed by atoms with Crippen LogP contribution in [0.15, 0.2) is 64.4 Å². The van der Waals surface area contributed by atoms with Gasteiger partial charge in [-0.1, -0.05) is 48.5 Å². The Hall–Kier alpha value is -3.88. The Morgan fingerprint density at radius 1 is 0.897 bits per heavy atom. The van der Waals surface area contributed by atoms with Gasteiger partial charge in [-0.2, -0.15) is 13.2 Å². The van der Waals surface area contributed by atoms with Crippen molar-refractivity contribution in [1.82, 2.24) is 4.98 Å². The second-order valence-corrected chi connectivity index (χ2v) is 6.20. The van der Waals surface area contributed by atoms with Gasteiger partial charge in [0.25, 0.3) is 11.5 Å². The number of hydrogen-bond acceptors (Lipinski definition) is 4. The fourth-order valence-electron chi connectivity index (χ4n) is 2.97. The van der Waals surface area contributed by atoms with Gasteiger partial charge in [-0.25, -0.2) is 4.99 Å². The van der Waals surface area contributed by atoms with Crippen LogP contribution in [0.1, 0.15) is 11.1 Å². The van der Waals surface area contributed by atoms with Crippen LogP contribution < -0.4 is 16.2 Å². The van der Waals surface area contributed by atoms with Crippen molar-refractivity contribution in [3.05, 3.63) is 93.7 Å². The van der Waals surface area contributed by atoms with Gasteiger partial charge in [0.05, 0.1) is 11.4 Å². The molecule has 2 heterocycles. The zero-order chi connectivity index (χ0) is 20.5. The van der Waals surface area contributed by atoms with E-state index in [4.69, 9.17) is 0 Å². The smallest absolute Gasteiger partial charge is 0.288 e. The van der Waals surface area contributed by atoms with Crippen molar-refractivity contribution in [2.45, 2.75) is 6.17 Å². The number of nitrogens with zero attached hydrogens (tertiary/aromatic N) is 1. The van der Waals surface area contributed by atoms with Crippen molar-refractivity contribution in [3.8, 4) is 0 Å². The van der Waals surface area contributed by atoms with Crippen LogP contribution in [0.5, 0.6) is 0 Å². The number of nitrogens with one attached hydrogen (secondary N) is 3. The maximum Gasteiger partial charge on any atom is 0.288 e. The van der Waals surface area contributed by atoms with Crippen LogP contribution in [0, 0.1) is 17.6 Å². The lowest BCUT2D eigenvalue weighted by atomic mass is 10.0. The molecular weight excluding hydrogens is 385 g/mol. The standard InChI is InChI=1S/C20H13F3N4O2/c21-13-16(14(22)19(28)27-17(13)23)26-18-20(29)24-12-9-5-4-8-11(12)15(25-18)10-6-2-1-3-7-10/h1-9,18H,(H,24,29)(H2,26,27,28). The van der Waals surface area contributed by atoms with Crippen molar-refractivity contribution in [2.75, 3.05) is 10.6 Å². The van der Waals surface area contributed by atoms with Crippen molar-refractivity contribution >= 4 is 23.0 Å². The number of carbonyl (C=O) groups is 1. The SMILES string of the molecule is O=C1Nc2ccccc2C(c2ccccc2)=NC1Nc1c(F)c(F)[nH]c(=O)c1F. The number of para-hydroxylation sites is 1. The highest BCUT2D eigenvalue weighted by atomic mass is 19.2. The molecule has 2 aromatic carbocycles. The lowest BCUT2D eigenvalue weighted by Crippen LogP contribution is -2.34. The Bertz CT molecular complexity index is 1190. The summed E-state index contributed by atoms with van der Waals surface area (Å²) in [6.07, 6.45) is -1.53. The minimum atomic E-state index is -1.66. The van der Waals surface area contributed by atoms with E-state index >= 15 is 0 Å². The number of aromatic nitrogens is 1. The van der Waals surface area contributed by atoms with Crippen molar-refractivity contribution in [1.29, 1.82) is 0 Å². The number of aromatic amines is 1. The summed E-state index contributed by atoms with van der Waals surface area (Å²) in [5.41, 5.74) is -0.467. The summed E-state index contributed by atoms with van der Waals surface area (Å²) in [5.74, 6) is -5.63. The molecule has 3 aromatic rings. The fraction of sp³-hybridized carbons (Fsp3) is 0.0500. The van der Waals surface area contributed by atoms with Crippen molar-refractivity contribution in [3.63, 3.8) is 0 Å². The van der Waals surface area contributed by atoms with Crippen LogP contribution in [0.25, 0.3) is 0 Å². The number of H-pyrrole nitrogens is 1. The molecule has 1 aromatic heterocycles. The Kier molecular flexibility index (Phi) is 4.63. The third-order valence-corrected chi connectivity index (χ3v) is 4.33. The maximum atomic E-state index is 14.1. The number of benzodiazepines with no additional fused rings is 1. The summed E-state index contributed by atoms with van der Waals surface area (Å²) < 4.78 is 41.7. The monoisotopic (exact) mass is 398 g/mol. The Morgan fingerprint density at radius 3 is 2.34 bits per heavy atom. The molecule has 9 heteroatoms. The molecule has 4 rings (SSSR count). The molecule has 0 fully saturated rings. The van der Waals surface area contributed by atoms with E-state index in [-0.39, 0.29) is 0 Å². The van der Waals surface area contributed by atoms with Gasteiger partial charge in [0.2, 0.25) is 17.6 Å². The van der Waals surface area contributed by atoms with Crippen LogP contribution in [0.2, 0.25) is 0 Å². The van der Waals surface area contributed by atoms with Gasteiger partial charge < -0.3 is 10.6 Å². The number of halogens is 3. The average Bonchev–Trinajstić information content (AvgIpc) is 2.86. The number of rotatable bonds is 3. The van der Waals surface area contributed by atoms with E-state index in [0.29, 0.717) is 22.5 Å². The number of hydrogen-bond donors (Lipinski definition) is 3. The number of carbonyl (C=O) groups excluding carboxylic acids is 1. The quantitative estimate of drug-likeness (QED) is 0.593. The summed E-state index contributed by atoms with van der Waals surface area (Å²) in [6, 6.07) is 15.7. The van der Waals surface area contributed by atoms with Crippen molar-refractivity contribution in [2.24, 2.45) is 4.99 Å². The predicted molar refractivity (Wildman–Crippen MR) is 102 cm³/mol. The average molecular weight is 398 g/mol. The van der Waals surface area contributed by atoms with E-state index in [9.17, 15) is 22.8 Å². The second kappa shape index (κ2) is 7.27. The number of anilines is 2. The van der Waals surface area contributed by atoms with E-state index < -0.39 is 40.9 Å². The molecule has 3 N–H and O–H groups in total. The Morgan fingerprint density at radius 2 is 1.59 bits per heavy atom. The maximum absolute atomic E-state index is 14.1. The van der Waals surface area contributed by atoms with Crippen LogP contribution in [0.3, 0.4) is 0 Å². The van der Waals surface area contributed by atoms with Gasteiger partial charge in [0.1, 0.15) is 5.69 Å². The van der Waals surface area contributed by atoms with Crippen LogP contribution in [-0.4, -0.2) is 22.8 Å². The Labute approximate surface area is 162 Å². The lowest BCUT2D eigenvalue weighted by Gasteiger charge is -2.15. The molecule has 1 unspecified atom stereocenters. The van der Waals surface area contributed by atoms with Crippen LogP contribution in [0.4, 0.5) is 24.5 Å². The molecule has 1 amide bonds. The molecule has 29 heavy (non-hydrogen) atoms. The van der Waals surface area contributed by atoms with E-state index in [1.54, 1.807) is 54.6 Å². The van der Waals surface area contributed by atoms with Crippen LogP contribution in [-0.2, 0) is 4.79 Å². The Balaban J connectivity index is 1.85. The largest absolute Gasteiger partial charge is 0.351 e. The topological polar surface area (TPSA) is 86.3 Å². The van der Waals surface area contributed by atoms with Crippen molar-refractivity contribution < 1.29 is 18.0 Å². The summed E-state index contributed by atoms with van der Waals surface area (Å²) >= 11 is 0. The number of aliphatic imine (C=N–C) groups is 1. The first-order valence-corrected chi connectivity index (χ1v) is 8.52. The third-order valence-electron chi connectivity index (χ3n) is 4.33. The van der Waals surface area contributed by atoms with E-state index in [0.717, 1.165) is 0 Å². The normalized spacial score (nSPS) is 15.8. The molecule has 6 nitrogen and oxygen atoms in total. The predicted octanol–water partition coefficient (Wildman–Crippen LogP) is 3.02. The van der Waals surface area contributed by atoms with Gasteiger partial charge in [-0.05, 0) is 6.07 Å². The summed E-state index contributed by atoms with van der Waals surface area (Å²) in [7, 11) is 0. The third kappa shape index (κ3) is 3.38. The van der Waals surface area contributed by atoms with Gasteiger partial charge >= 0.3 is 0 Å². The highest BCUT2D eigenvalue weighted by molar-refractivity contribution is 6.19. The minimum absolute atomic E-state index is 0.378. The van der Waals surface area contributed by atoms with Crippen LogP contribution >= 0.6 is 0 Å². The molecular formula is C20H13F3N4O2. The van der Waals surface area contributed by atoms with Gasteiger partial charge in [-0.15, -0.1) is 0 Å². The van der Waals surface area contributed by atoms with Gasteiger partial charge in [-0.3, -0.25) is 14.6 Å². The summed E-state index contributed by atoms with van der Waals surface area (Å²) in [4.78, 5) is 29.8. The molecule has 0 bridgehead atoms. The van der Waals surface area contributed by atoms with Gasteiger partial charge in [0, 0.05) is 11.1 Å². The molecule has 1 aliphatic rings. The summed E-state index contributed by atoms with van der Waals surface area (Å²) in [6.45, 7) is 0. The molecule has 1 aliphatic heterocycles. The first-order chi connectivity index (χ1) is 14.0. The molecule has 0 aliphatic carbocycles. The molecule has 146 valence electrons.